The minimum Gasteiger partial charge on any atom is -0.388 e. The molecule has 0 aromatic carbocycles. The van der Waals surface area contributed by atoms with Crippen molar-refractivity contribution in [1.82, 2.24) is 0 Å². The van der Waals surface area contributed by atoms with Crippen molar-refractivity contribution in [3.8, 4) is 0 Å². The molecule has 1 rings (SSSR count). The van der Waals surface area contributed by atoms with Crippen LogP contribution >= 0.6 is 15.6 Å². The van der Waals surface area contributed by atoms with Crippen molar-refractivity contribution in [1.29, 1.82) is 0 Å². The predicted molar refractivity (Wildman–Crippen MR) is 65.7 cm³/mol. The summed E-state index contributed by atoms with van der Waals surface area (Å²) in [6.07, 6.45) is -5.46. The zero-order valence-corrected chi connectivity index (χ0v) is 13.4. The fraction of sp³-hybridized carbons (Fsp3) is 1.00. The average molecular weight is 388 g/mol. The molecule has 0 aromatic rings. The maximum Gasteiger partial charge on any atom is 0.488 e. The van der Waals surface area contributed by atoms with Crippen molar-refractivity contribution in [2.75, 3.05) is 6.61 Å². The van der Waals surface area contributed by atoms with Crippen LogP contribution in [0.1, 0.15) is 6.92 Å². The minimum atomic E-state index is -5.28. The summed E-state index contributed by atoms with van der Waals surface area (Å²) in [7, 11) is -15.5. The van der Waals surface area contributed by atoms with Gasteiger partial charge in [-0.3, -0.25) is 13.6 Å². The van der Waals surface area contributed by atoms with Gasteiger partial charge in [-0.25, -0.2) is 9.13 Å². The molecule has 0 bridgehead atoms. The molecule has 0 amide bonds. The summed E-state index contributed by atoms with van der Waals surface area (Å²) in [4.78, 5) is 26.5. The van der Waals surface area contributed by atoms with Gasteiger partial charge >= 0.3 is 26.0 Å². The normalized spacial score (nSPS) is 32.8. The summed E-state index contributed by atoms with van der Waals surface area (Å²) in [6.45, 7) is 0.406. The van der Waals surface area contributed by atoms with E-state index in [0.717, 1.165) is 0 Å². The molecule has 0 aliphatic carbocycles. The Morgan fingerprint density at radius 1 is 1.23 bits per heavy atom. The number of aliphatic hydroxyl groups is 1. The zero-order chi connectivity index (χ0) is 17.3. The van der Waals surface area contributed by atoms with Crippen molar-refractivity contribution in [3.05, 3.63) is 0 Å². The first-order valence-electron chi connectivity index (χ1n) is 5.44. The van der Waals surface area contributed by atoms with E-state index in [4.69, 9.17) is 24.0 Å². The molecule has 5 N–H and O–H groups in total. The Morgan fingerprint density at radius 2 is 1.77 bits per heavy atom. The molecule has 1 saturated heterocycles. The van der Waals surface area contributed by atoms with Gasteiger partial charge in [0, 0.05) is 0 Å². The number of rotatable bonds is 7. The maximum atomic E-state index is 11.2. The number of hydrogen-bond donors (Lipinski definition) is 5. The topological polar surface area (TPSA) is 206 Å². The highest BCUT2D eigenvalue weighted by Crippen LogP contribution is 2.47. The summed E-state index contributed by atoms with van der Waals surface area (Å²) in [6, 6.07) is 0. The molecule has 22 heavy (non-hydrogen) atoms. The second-order valence-electron chi connectivity index (χ2n) is 4.20. The fourth-order valence-corrected chi connectivity index (χ4v) is 3.69. The lowest BCUT2D eigenvalue weighted by atomic mass is 10.1. The first-order chi connectivity index (χ1) is 9.70. The van der Waals surface area contributed by atoms with Gasteiger partial charge in [0.2, 0.25) is 0 Å². The van der Waals surface area contributed by atoms with Crippen LogP contribution in [-0.2, 0) is 37.3 Å². The number of aliphatic hydroxyl groups excluding tert-OH is 1. The third-order valence-corrected chi connectivity index (χ3v) is 4.92. The lowest BCUT2D eigenvalue weighted by Crippen LogP contribution is -2.36. The van der Waals surface area contributed by atoms with Gasteiger partial charge in [0.25, 0.3) is 0 Å². The molecule has 1 aliphatic heterocycles. The summed E-state index contributed by atoms with van der Waals surface area (Å²) in [5, 5.41) is 9.66. The number of hydrogen-bond acceptors (Lipinski definition) is 9. The first-order valence-corrected chi connectivity index (χ1v) is 9.83. The Morgan fingerprint density at radius 3 is 2.23 bits per heavy atom. The zero-order valence-electron chi connectivity index (χ0n) is 10.8. The van der Waals surface area contributed by atoms with E-state index in [1.54, 1.807) is 0 Å². The van der Waals surface area contributed by atoms with Gasteiger partial charge < -0.3 is 24.5 Å². The molecule has 132 valence electrons. The van der Waals surface area contributed by atoms with Crippen molar-refractivity contribution in [3.63, 3.8) is 0 Å². The van der Waals surface area contributed by atoms with Crippen molar-refractivity contribution in [2.24, 2.45) is 0 Å². The lowest BCUT2D eigenvalue weighted by molar-refractivity contribution is -0.0160. The second-order valence-corrected chi connectivity index (χ2v) is 8.04. The molecule has 1 aliphatic rings. The van der Waals surface area contributed by atoms with E-state index in [1.807, 2.05) is 0 Å². The van der Waals surface area contributed by atoms with Crippen LogP contribution in [-0.4, -0.2) is 63.8 Å². The SMILES string of the molecule is CC1OC(COP(=O)(O)OS(=O)(=O)O)C(OP(=O)(O)O)C1O. The lowest BCUT2D eigenvalue weighted by Gasteiger charge is -2.21. The van der Waals surface area contributed by atoms with Crippen LogP contribution in [0.3, 0.4) is 0 Å². The molecule has 5 unspecified atom stereocenters. The Hall–Kier alpha value is 0.0500. The standard InChI is InChI=1S/C6H14O13P2S/c1-3-5(7)6(18-20(8,9)10)4(17-3)2-16-21(11,12)19-22(13,14)15/h3-7H,2H2,1H3,(H,11,12)(H2,8,9,10)(H,13,14,15). The Labute approximate surface area is 124 Å². The fourth-order valence-electron chi connectivity index (χ4n) is 1.65. The van der Waals surface area contributed by atoms with Gasteiger partial charge in [0.05, 0.1) is 12.7 Å². The molecular weight excluding hydrogens is 374 g/mol. The van der Waals surface area contributed by atoms with Gasteiger partial charge in [0.15, 0.2) is 0 Å². The summed E-state index contributed by atoms with van der Waals surface area (Å²) >= 11 is 0. The quantitative estimate of drug-likeness (QED) is 0.250. The highest BCUT2D eigenvalue weighted by molar-refractivity contribution is 7.85. The van der Waals surface area contributed by atoms with Gasteiger partial charge in [-0.2, -0.15) is 8.42 Å². The average Bonchev–Trinajstić information content (AvgIpc) is 2.49. The Bertz CT molecular complexity index is 581. The Kier molecular flexibility index (Phi) is 6.29. The minimum absolute atomic E-state index is 0.921. The van der Waals surface area contributed by atoms with E-state index in [2.05, 4.69) is 13.0 Å². The monoisotopic (exact) mass is 388 g/mol. The number of phosphoric ester groups is 2. The summed E-state index contributed by atoms with van der Waals surface area (Å²) < 4.78 is 67.8. The smallest absolute Gasteiger partial charge is 0.388 e. The van der Waals surface area contributed by atoms with Gasteiger partial charge in [-0.05, 0) is 6.92 Å². The Balaban J connectivity index is 2.74. The third-order valence-electron chi connectivity index (χ3n) is 2.42. The summed E-state index contributed by atoms with van der Waals surface area (Å²) in [5.74, 6) is 0. The largest absolute Gasteiger partial charge is 0.488 e. The molecule has 0 radical (unpaired) electrons. The number of phosphoric acid groups is 2. The van der Waals surface area contributed by atoms with Crippen LogP contribution in [0.15, 0.2) is 0 Å². The third kappa shape index (κ3) is 6.66. The highest BCUT2D eigenvalue weighted by Gasteiger charge is 2.46. The molecule has 1 heterocycles. The van der Waals surface area contributed by atoms with Gasteiger partial charge in [-0.1, -0.05) is 0 Å². The molecule has 13 nitrogen and oxygen atoms in total. The first kappa shape index (κ1) is 20.1. The molecule has 16 heteroatoms. The van der Waals surface area contributed by atoms with E-state index in [0.29, 0.717) is 0 Å². The van der Waals surface area contributed by atoms with E-state index in [9.17, 15) is 22.7 Å². The van der Waals surface area contributed by atoms with Crippen LogP contribution in [0.2, 0.25) is 0 Å². The van der Waals surface area contributed by atoms with Crippen molar-refractivity contribution in [2.45, 2.75) is 31.3 Å². The van der Waals surface area contributed by atoms with Crippen LogP contribution in [0, 0.1) is 0 Å². The molecule has 0 saturated carbocycles. The van der Waals surface area contributed by atoms with E-state index in [-0.39, 0.29) is 0 Å². The maximum absolute atomic E-state index is 11.2. The summed E-state index contributed by atoms with van der Waals surface area (Å²) in [5.41, 5.74) is 0. The molecular formula is C6H14O13P2S. The molecule has 0 aromatic heterocycles. The van der Waals surface area contributed by atoms with Crippen LogP contribution < -0.4 is 0 Å². The van der Waals surface area contributed by atoms with Gasteiger partial charge in [-0.15, -0.1) is 3.97 Å². The van der Waals surface area contributed by atoms with E-state index < -0.39 is 57.1 Å². The predicted octanol–water partition coefficient (Wildman–Crippen LogP) is -1.45. The highest BCUT2D eigenvalue weighted by atomic mass is 32.3. The number of ether oxygens (including phenoxy) is 1. The molecule has 1 fully saturated rings. The van der Waals surface area contributed by atoms with E-state index in [1.165, 1.54) is 6.92 Å². The van der Waals surface area contributed by atoms with Crippen molar-refractivity contribution >= 4 is 26.0 Å². The molecule has 0 spiro atoms. The molecule has 5 atom stereocenters. The van der Waals surface area contributed by atoms with Crippen molar-refractivity contribution < 1.29 is 59.6 Å². The van der Waals surface area contributed by atoms with Crippen LogP contribution in [0.4, 0.5) is 0 Å². The van der Waals surface area contributed by atoms with Crippen LogP contribution in [0.25, 0.3) is 0 Å². The van der Waals surface area contributed by atoms with Crippen LogP contribution in [0.5, 0.6) is 0 Å². The van der Waals surface area contributed by atoms with Gasteiger partial charge in [0.1, 0.15) is 18.3 Å². The second kappa shape index (κ2) is 6.89. The van der Waals surface area contributed by atoms with E-state index >= 15 is 0 Å².